The lowest BCUT2D eigenvalue weighted by molar-refractivity contribution is 0.105. The summed E-state index contributed by atoms with van der Waals surface area (Å²) in [4.78, 5) is 0. The van der Waals surface area contributed by atoms with Crippen LogP contribution in [0.15, 0.2) is 0 Å². The van der Waals surface area contributed by atoms with Crippen LogP contribution in [0.3, 0.4) is 0 Å². The third-order valence-electron chi connectivity index (χ3n) is 2.49. The lowest BCUT2D eigenvalue weighted by Crippen LogP contribution is -2.29. The highest BCUT2D eigenvalue weighted by Gasteiger charge is 2.23. The molecule has 1 rings (SSSR count). The highest BCUT2D eigenvalue weighted by atomic mass is 16.5. The first-order valence-corrected chi connectivity index (χ1v) is 5.02. The first-order valence-electron chi connectivity index (χ1n) is 5.02. The van der Waals surface area contributed by atoms with E-state index in [-0.39, 0.29) is 0 Å². The Bertz CT molecular complexity index is 125. The Labute approximate surface area is 75.7 Å². The van der Waals surface area contributed by atoms with E-state index < -0.39 is 0 Å². The van der Waals surface area contributed by atoms with Crippen LogP contribution in [0.5, 0.6) is 0 Å². The van der Waals surface area contributed by atoms with Crippen molar-refractivity contribution in [1.82, 2.24) is 5.32 Å². The van der Waals surface area contributed by atoms with Crippen molar-refractivity contribution in [2.24, 2.45) is 11.8 Å². The second kappa shape index (κ2) is 4.83. The average Bonchev–Trinajstić information content (AvgIpc) is 2.36. The molecule has 1 saturated heterocycles. The Balaban J connectivity index is 2.06. The predicted octanol–water partition coefficient (Wildman–Crippen LogP) is 1.66. The van der Waals surface area contributed by atoms with Crippen LogP contribution in [0.1, 0.15) is 27.2 Å². The van der Waals surface area contributed by atoms with Gasteiger partial charge in [-0.2, -0.15) is 0 Å². The molecule has 0 aliphatic carbocycles. The zero-order valence-electron chi connectivity index (χ0n) is 8.47. The number of nitrogens with one attached hydrogen (secondary N) is 1. The minimum absolute atomic E-state index is 0.463. The first kappa shape index (κ1) is 10.0. The molecule has 72 valence electrons. The van der Waals surface area contributed by atoms with E-state index in [0.29, 0.717) is 6.10 Å². The molecule has 1 N–H and O–H groups in total. The SMILES string of the molecule is CC(C)CNCC1CCOC1C. The zero-order valence-corrected chi connectivity index (χ0v) is 8.47. The van der Waals surface area contributed by atoms with Crippen LogP contribution in [0.25, 0.3) is 0 Å². The molecule has 0 aromatic carbocycles. The predicted molar refractivity (Wildman–Crippen MR) is 51.2 cm³/mol. The van der Waals surface area contributed by atoms with Gasteiger partial charge < -0.3 is 10.1 Å². The number of hydrogen-bond acceptors (Lipinski definition) is 2. The van der Waals surface area contributed by atoms with Crippen molar-refractivity contribution in [2.75, 3.05) is 19.7 Å². The molecule has 0 amide bonds. The number of hydrogen-bond donors (Lipinski definition) is 1. The Morgan fingerprint density at radius 3 is 2.75 bits per heavy atom. The Morgan fingerprint density at radius 1 is 1.50 bits per heavy atom. The van der Waals surface area contributed by atoms with E-state index in [4.69, 9.17) is 4.74 Å². The van der Waals surface area contributed by atoms with Gasteiger partial charge in [0.25, 0.3) is 0 Å². The fraction of sp³-hybridized carbons (Fsp3) is 1.00. The summed E-state index contributed by atoms with van der Waals surface area (Å²) in [6.07, 6.45) is 1.69. The van der Waals surface area contributed by atoms with Gasteiger partial charge in [0.05, 0.1) is 6.10 Å². The van der Waals surface area contributed by atoms with Gasteiger partial charge in [-0.15, -0.1) is 0 Å². The lowest BCUT2D eigenvalue weighted by atomic mass is 10.0. The minimum Gasteiger partial charge on any atom is -0.378 e. The van der Waals surface area contributed by atoms with Crippen LogP contribution in [0, 0.1) is 11.8 Å². The summed E-state index contributed by atoms with van der Waals surface area (Å²) in [5.74, 6) is 1.49. The maximum absolute atomic E-state index is 5.48. The molecule has 0 aromatic heterocycles. The van der Waals surface area contributed by atoms with Crippen molar-refractivity contribution >= 4 is 0 Å². The van der Waals surface area contributed by atoms with Crippen LogP contribution < -0.4 is 5.32 Å². The normalized spacial score (nSPS) is 30.0. The molecule has 1 aliphatic heterocycles. The van der Waals surface area contributed by atoms with Crippen molar-refractivity contribution in [3.05, 3.63) is 0 Å². The molecule has 2 unspecified atom stereocenters. The topological polar surface area (TPSA) is 21.3 Å². The van der Waals surface area contributed by atoms with E-state index in [0.717, 1.165) is 31.5 Å². The van der Waals surface area contributed by atoms with Gasteiger partial charge in [0.2, 0.25) is 0 Å². The minimum atomic E-state index is 0.463. The molecule has 0 saturated carbocycles. The van der Waals surface area contributed by atoms with E-state index >= 15 is 0 Å². The van der Waals surface area contributed by atoms with Crippen molar-refractivity contribution in [3.63, 3.8) is 0 Å². The fourth-order valence-corrected chi connectivity index (χ4v) is 1.60. The maximum atomic E-state index is 5.48. The molecular weight excluding hydrogens is 150 g/mol. The molecule has 2 heteroatoms. The van der Waals surface area contributed by atoms with Gasteiger partial charge in [0.1, 0.15) is 0 Å². The smallest absolute Gasteiger partial charge is 0.0588 e. The van der Waals surface area contributed by atoms with Gasteiger partial charge in [0.15, 0.2) is 0 Å². The van der Waals surface area contributed by atoms with Gasteiger partial charge in [-0.1, -0.05) is 13.8 Å². The molecular formula is C10H21NO. The molecule has 0 radical (unpaired) electrons. The van der Waals surface area contributed by atoms with Crippen molar-refractivity contribution < 1.29 is 4.74 Å². The van der Waals surface area contributed by atoms with Gasteiger partial charge in [-0.3, -0.25) is 0 Å². The van der Waals surface area contributed by atoms with Crippen LogP contribution in [-0.4, -0.2) is 25.8 Å². The molecule has 1 heterocycles. The van der Waals surface area contributed by atoms with Crippen molar-refractivity contribution in [1.29, 1.82) is 0 Å². The Morgan fingerprint density at radius 2 is 2.25 bits per heavy atom. The summed E-state index contributed by atoms with van der Waals surface area (Å²) in [6, 6.07) is 0. The molecule has 2 nitrogen and oxygen atoms in total. The molecule has 2 atom stereocenters. The fourth-order valence-electron chi connectivity index (χ4n) is 1.60. The third kappa shape index (κ3) is 3.11. The summed E-state index contributed by atoms with van der Waals surface area (Å²) in [7, 11) is 0. The first-order chi connectivity index (χ1) is 5.70. The van der Waals surface area contributed by atoms with E-state index in [1.165, 1.54) is 6.42 Å². The summed E-state index contributed by atoms with van der Waals surface area (Å²) < 4.78 is 5.48. The quantitative estimate of drug-likeness (QED) is 0.694. The standard InChI is InChI=1S/C10H21NO/c1-8(2)6-11-7-10-4-5-12-9(10)3/h8-11H,4-7H2,1-3H3. The van der Waals surface area contributed by atoms with Crippen LogP contribution in [-0.2, 0) is 4.74 Å². The Kier molecular flexibility index (Phi) is 4.02. The highest BCUT2D eigenvalue weighted by Crippen LogP contribution is 2.19. The summed E-state index contributed by atoms with van der Waals surface area (Å²) in [5, 5.41) is 3.48. The van der Waals surface area contributed by atoms with Gasteiger partial charge in [0, 0.05) is 13.2 Å². The monoisotopic (exact) mass is 171 g/mol. The lowest BCUT2D eigenvalue weighted by Gasteiger charge is -2.15. The molecule has 1 aliphatic rings. The summed E-state index contributed by atoms with van der Waals surface area (Å²) >= 11 is 0. The van der Waals surface area contributed by atoms with E-state index in [9.17, 15) is 0 Å². The second-order valence-electron chi connectivity index (χ2n) is 4.18. The second-order valence-corrected chi connectivity index (χ2v) is 4.18. The average molecular weight is 171 g/mol. The van der Waals surface area contributed by atoms with Crippen LogP contribution >= 0.6 is 0 Å². The molecule has 0 aromatic rings. The van der Waals surface area contributed by atoms with Crippen molar-refractivity contribution in [3.8, 4) is 0 Å². The highest BCUT2D eigenvalue weighted by molar-refractivity contribution is 4.74. The molecule has 1 fully saturated rings. The van der Waals surface area contributed by atoms with Gasteiger partial charge in [-0.25, -0.2) is 0 Å². The summed E-state index contributed by atoms with van der Waals surface area (Å²) in [6.45, 7) is 9.86. The van der Waals surface area contributed by atoms with E-state index in [2.05, 4.69) is 26.1 Å². The van der Waals surface area contributed by atoms with E-state index in [1.807, 2.05) is 0 Å². The van der Waals surface area contributed by atoms with Crippen molar-refractivity contribution in [2.45, 2.75) is 33.3 Å². The Hall–Kier alpha value is -0.0800. The summed E-state index contributed by atoms with van der Waals surface area (Å²) in [5.41, 5.74) is 0. The largest absolute Gasteiger partial charge is 0.378 e. The van der Waals surface area contributed by atoms with Gasteiger partial charge >= 0.3 is 0 Å². The van der Waals surface area contributed by atoms with Crippen LogP contribution in [0.4, 0.5) is 0 Å². The number of rotatable bonds is 4. The van der Waals surface area contributed by atoms with Crippen LogP contribution in [0.2, 0.25) is 0 Å². The third-order valence-corrected chi connectivity index (χ3v) is 2.49. The maximum Gasteiger partial charge on any atom is 0.0588 e. The van der Waals surface area contributed by atoms with Gasteiger partial charge in [-0.05, 0) is 31.7 Å². The molecule has 12 heavy (non-hydrogen) atoms. The zero-order chi connectivity index (χ0) is 8.97. The number of ether oxygens (including phenoxy) is 1. The van der Waals surface area contributed by atoms with E-state index in [1.54, 1.807) is 0 Å². The molecule has 0 bridgehead atoms. The molecule has 0 spiro atoms.